The summed E-state index contributed by atoms with van der Waals surface area (Å²) in [4.78, 5) is 0. The number of hydrogen-bond acceptors (Lipinski definition) is 2. The third-order valence-corrected chi connectivity index (χ3v) is 4.82. The van der Waals surface area contributed by atoms with Crippen molar-refractivity contribution >= 4 is 0 Å². The van der Waals surface area contributed by atoms with E-state index in [9.17, 15) is 8.78 Å². The molecule has 0 radical (unpaired) electrons. The van der Waals surface area contributed by atoms with Gasteiger partial charge in [0.15, 0.2) is 0 Å². The second-order valence-electron chi connectivity index (χ2n) is 6.20. The zero-order valence-corrected chi connectivity index (χ0v) is 12.7. The van der Waals surface area contributed by atoms with E-state index in [1.807, 2.05) is 0 Å². The van der Waals surface area contributed by atoms with Crippen LogP contribution in [0.25, 0.3) is 0 Å². The van der Waals surface area contributed by atoms with Gasteiger partial charge >= 0.3 is 0 Å². The molecule has 1 aliphatic rings. The predicted molar refractivity (Wildman–Crippen MR) is 81.4 cm³/mol. The number of nitrogens with one attached hydrogen (secondary N) is 1. The zero-order valence-electron chi connectivity index (χ0n) is 12.7. The van der Waals surface area contributed by atoms with Crippen LogP contribution in [0.5, 0.6) is 0 Å². The van der Waals surface area contributed by atoms with E-state index >= 15 is 0 Å². The molecule has 118 valence electrons. The van der Waals surface area contributed by atoms with E-state index < -0.39 is 17.7 Å². The average Bonchev–Trinajstić information content (AvgIpc) is 2.50. The van der Waals surface area contributed by atoms with Crippen LogP contribution >= 0.6 is 0 Å². The number of hydrazine groups is 1. The third kappa shape index (κ3) is 4.01. The van der Waals surface area contributed by atoms with Crippen molar-refractivity contribution in [1.29, 1.82) is 0 Å². The predicted octanol–water partition coefficient (Wildman–Crippen LogP) is 4.47. The molecule has 1 aliphatic carbocycles. The Labute approximate surface area is 126 Å². The van der Waals surface area contributed by atoms with Gasteiger partial charge in [-0.2, -0.15) is 0 Å². The summed E-state index contributed by atoms with van der Waals surface area (Å²) in [5.74, 6) is 5.56. The number of rotatable bonds is 6. The summed E-state index contributed by atoms with van der Waals surface area (Å²) in [6.45, 7) is 2.21. The van der Waals surface area contributed by atoms with Crippen LogP contribution in [-0.2, 0) is 0 Å². The van der Waals surface area contributed by atoms with Crippen molar-refractivity contribution in [2.24, 2.45) is 17.7 Å². The van der Waals surface area contributed by atoms with Gasteiger partial charge in [-0.25, -0.2) is 8.78 Å². The number of halogens is 2. The van der Waals surface area contributed by atoms with Crippen LogP contribution < -0.4 is 11.3 Å². The molecule has 1 aromatic carbocycles. The molecule has 2 nitrogen and oxygen atoms in total. The maximum Gasteiger partial charge on any atom is 0.130 e. The minimum absolute atomic E-state index is 0.0945. The molecule has 1 atom stereocenters. The molecule has 0 aliphatic heterocycles. The molecule has 0 aromatic heterocycles. The molecule has 2 rings (SSSR count). The van der Waals surface area contributed by atoms with Crippen LogP contribution in [0.15, 0.2) is 18.2 Å². The Morgan fingerprint density at radius 2 is 1.81 bits per heavy atom. The number of nitrogens with two attached hydrogens (primary N) is 1. The summed E-state index contributed by atoms with van der Waals surface area (Å²) in [5, 5.41) is 0. The largest absolute Gasteiger partial charge is 0.271 e. The monoisotopic (exact) mass is 296 g/mol. The molecule has 21 heavy (non-hydrogen) atoms. The van der Waals surface area contributed by atoms with E-state index in [2.05, 4.69) is 12.3 Å². The summed E-state index contributed by atoms with van der Waals surface area (Å²) in [6.07, 6.45) is 8.02. The van der Waals surface area contributed by atoms with Gasteiger partial charge in [-0.1, -0.05) is 45.1 Å². The number of hydrogen-bond donors (Lipinski definition) is 2. The van der Waals surface area contributed by atoms with E-state index in [0.717, 1.165) is 31.6 Å². The highest BCUT2D eigenvalue weighted by Crippen LogP contribution is 2.39. The quantitative estimate of drug-likeness (QED) is 0.600. The average molecular weight is 296 g/mol. The smallest absolute Gasteiger partial charge is 0.130 e. The minimum Gasteiger partial charge on any atom is -0.271 e. The fraction of sp³-hybridized carbons (Fsp3) is 0.647. The topological polar surface area (TPSA) is 38.0 Å². The molecule has 1 aromatic rings. The first-order valence-electron chi connectivity index (χ1n) is 8.07. The second kappa shape index (κ2) is 7.85. The fourth-order valence-electron chi connectivity index (χ4n) is 3.57. The van der Waals surface area contributed by atoms with Gasteiger partial charge in [0, 0.05) is 5.56 Å². The highest BCUT2D eigenvalue weighted by atomic mass is 19.1. The van der Waals surface area contributed by atoms with E-state index in [0.29, 0.717) is 0 Å². The standard InChI is InChI=1S/C17H26F2N2/c1-2-3-5-12-8-10-13(11-9-12)17(21-20)16-14(18)6-4-7-15(16)19/h4,6-7,12-13,17,21H,2-3,5,8-11,20H2,1H3. The Hall–Kier alpha value is -1.00. The highest BCUT2D eigenvalue weighted by molar-refractivity contribution is 5.24. The molecular formula is C17H26F2N2. The van der Waals surface area contributed by atoms with Crippen LogP contribution in [0.2, 0.25) is 0 Å². The third-order valence-electron chi connectivity index (χ3n) is 4.82. The van der Waals surface area contributed by atoms with Gasteiger partial charge in [-0.3, -0.25) is 11.3 Å². The molecule has 1 saturated carbocycles. The van der Waals surface area contributed by atoms with Crippen molar-refractivity contribution in [1.82, 2.24) is 5.43 Å². The van der Waals surface area contributed by atoms with Crippen molar-refractivity contribution in [2.75, 3.05) is 0 Å². The first-order valence-corrected chi connectivity index (χ1v) is 8.07. The molecule has 0 spiro atoms. The highest BCUT2D eigenvalue weighted by Gasteiger charge is 2.31. The van der Waals surface area contributed by atoms with Crippen LogP contribution in [0.4, 0.5) is 8.78 Å². The molecule has 1 unspecified atom stereocenters. The van der Waals surface area contributed by atoms with Gasteiger partial charge < -0.3 is 0 Å². The Morgan fingerprint density at radius 3 is 2.33 bits per heavy atom. The van der Waals surface area contributed by atoms with Crippen LogP contribution in [0.1, 0.15) is 63.5 Å². The van der Waals surface area contributed by atoms with Gasteiger partial charge in [-0.15, -0.1) is 0 Å². The Kier molecular flexibility index (Phi) is 6.12. The molecule has 0 amide bonds. The maximum absolute atomic E-state index is 14.0. The normalized spacial score (nSPS) is 24.0. The minimum atomic E-state index is -0.508. The van der Waals surface area contributed by atoms with E-state index in [4.69, 9.17) is 5.84 Å². The van der Waals surface area contributed by atoms with Gasteiger partial charge in [-0.05, 0) is 36.8 Å². The summed E-state index contributed by atoms with van der Waals surface area (Å²) in [7, 11) is 0. The first-order chi connectivity index (χ1) is 10.2. The van der Waals surface area contributed by atoms with Crippen LogP contribution in [0.3, 0.4) is 0 Å². The lowest BCUT2D eigenvalue weighted by atomic mass is 9.75. The molecule has 0 bridgehead atoms. The van der Waals surface area contributed by atoms with Gasteiger partial charge in [0.1, 0.15) is 11.6 Å². The molecule has 0 saturated heterocycles. The van der Waals surface area contributed by atoms with Gasteiger partial charge in [0.2, 0.25) is 0 Å². The lowest BCUT2D eigenvalue weighted by molar-refractivity contribution is 0.208. The molecule has 0 heterocycles. The van der Waals surface area contributed by atoms with E-state index in [-0.39, 0.29) is 11.5 Å². The molecular weight excluding hydrogens is 270 g/mol. The lowest BCUT2D eigenvalue weighted by Gasteiger charge is -2.34. The molecule has 3 N–H and O–H groups in total. The Bertz CT molecular complexity index is 422. The van der Waals surface area contributed by atoms with Crippen molar-refractivity contribution in [3.05, 3.63) is 35.4 Å². The Balaban J connectivity index is 2.03. The number of unbranched alkanes of at least 4 members (excludes halogenated alkanes) is 1. The van der Waals surface area contributed by atoms with Crippen molar-refractivity contribution in [3.63, 3.8) is 0 Å². The first kappa shape index (κ1) is 16.4. The summed E-state index contributed by atoms with van der Waals surface area (Å²) in [5.41, 5.74) is 2.74. The van der Waals surface area contributed by atoms with Crippen molar-refractivity contribution in [2.45, 2.75) is 57.9 Å². The Morgan fingerprint density at radius 1 is 1.19 bits per heavy atom. The number of benzene rings is 1. The summed E-state index contributed by atoms with van der Waals surface area (Å²) >= 11 is 0. The van der Waals surface area contributed by atoms with Gasteiger partial charge in [0.05, 0.1) is 6.04 Å². The van der Waals surface area contributed by atoms with E-state index in [1.165, 1.54) is 37.5 Å². The van der Waals surface area contributed by atoms with E-state index in [1.54, 1.807) is 0 Å². The van der Waals surface area contributed by atoms with Crippen molar-refractivity contribution in [3.8, 4) is 0 Å². The van der Waals surface area contributed by atoms with Crippen LogP contribution in [0, 0.1) is 23.5 Å². The second-order valence-corrected chi connectivity index (χ2v) is 6.20. The van der Waals surface area contributed by atoms with Crippen LogP contribution in [-0.4, -0.2) is 0 Å². The summed E-state index contributed by atoms with van der Waals surface area (Å²) < 4.78 is 27.9. The molecule has 4 heteroatoms. The zero-order chi connectivity index (χ0) is 15.2. The maximum atomic E-state index is 14.0. The summed E-state index contributed by atoms with van der Waals surface area (Å²) in [6, 6.07) is 3.56. The SMILES string of the molecule is CCCCC1CCC(C(NN)c2c(F)cccc2F)CC1. The van der Waals surface area contributed by atoms with Gasteiger partial charge in [0.25, 0.3) is 0 Å². The molecule has 1 fully saturated rings. The lowest BCUT2D eigenvalue weighted by Crippen LogP contribution is -2.36. The fourth-order valence-corrected chi connectivity index (χ4v) is 3.57. The van der Waals surface area contributed by atoms with Crippen molar-refractivity contribution < 1.29 is 8.78 Å².